The van der Waals surface area contributed by atoms with Crippen LogP contribution in [0.15, 0.2) is 22.8 Å². The van der Waals surface area contributed by atoms with Gasteiger partial charge in [0.25, 0.3) is 0 Å². The summed E-state index contributed by atoms with van der Waals surface area (Å²) >= 11 is 0. The van der Waals surface area contributed by atoms with E-state index in [-0.39, 0.29) is 19.1 Å². The van der Waals surface area contributed by atoms with E-state index >= 15 is 0 Å². The van der Waals surface area contributed by atoms with Crippen LogP contribution in [0.2, 0.25) is 0 Å². The van der Waals surface area contributed by atoms with Gasteiger partial charge in [0.15, 0.2) is 6.10 Å². The first-order valence-corrected chi connectivity index (χ1v) is 5.81. The summed E-state index contributed by atoms with van der Waals surface area (Å²) in [6, 6.07) is 3.58. The van der Waals surface area contributed by atoms with Crippen molar-refractivity contribution in [2.45, 2.75) is 18.9 Å². The number of aliphatic carboxylic acids is 1. The van der Waals surface area contributed by atoms with Crippen LogP contribution in [0.5, 0.6) is 0 Å². The van der Waals surface area contributed by atoms with Crippen LogP contribution in [0, 0.1) is 0 Å². The maximum atomic E-state index is 11.9. The number of ether oxygens (including phenoxy) is 1. The van der Waals surface area contributed by atoms with Crippen LogP contribution in [-0.2, 0) is 20.7 Å². The third-order valence-electron chi connectivity index (χ3n) is 2.86. The molecule has 18 heavy (non-hydrogen) atoms. The first kappa shape index (κ1) is 12.6. The van der Waals surface area contributed by atoms with Crippen molar-refractivity contribution >= 4 is 11.9 Å². The lowest BCUT2D eigenvalue weighted by Gasteiger charge is -2.30. The predicted molar refractivity (Wildman–Crippen MR) is 61.0 cm³/mol. The maximum Gasteiger partial charge on any atom is 0.334 e. The van der Waals surface area contributed by atoms with Crippen molar-refractivity contribution in [3.8, 4) is 0 Å². The van der Waals surface area contributed by atoms with Crippen LogP contribution in [0.3, 0.4) is 0 Å². The number of carboxylic acid groups (broad SMARTS) is 1. The molecule has 0 aliphatic carbocycles. The average molecular weight is 253 g/mol. The zero-order valence-electron chi connectivity index (χ0n) is 9.87. The Balaban J connectivity index is 1.83. The average Bonchev–Trinajstić information content (AvgIpc) is 2.89. The normalized spacial score (nSPS) is 19.8. The number of amides is 1. The second-order valence-electron chi connectivity index (χ2n) is 4.12. The lowest BCUT2D eigenvalue weighted by atomic mass is 10.2. The number of furan rings is 1. The van der Waals surface area contributed by atoms with Crippen LogP contribution in [-0.4, -0.2) is 47.7 Å². The minimum absolute atomic E-state index is 0.0686. The van der Waals surface area contributed by atoms with Gasteiger partial charge in [0.1, 0.15) is 5.76 Å². The summed E-state index contributed by atoms with van der Waals surface area (Å²) < 4.78 is 10.2. The molecule has 98 valence electrons. The van der Waals surface area contributed by atoms with Gasteiger partial charge in [-0.1, -0.05) is 0 Å². The van der Waals surface area contributed by atoms with Gasteiger partial charge in [-0.15, -0.1) is 0 Å². The molecule has 1 atom stereocenters. The van der Waals surface area contributed by atoms with Gasteiger partial charge in [-0.05, 0) is 12.1 Å². The molecule has 6 nitrogen and oxygen atoms in total. The molecule has 0 bridgehead atoms. The Morgan fingerprint density at radius 3 is 3.00 bits per heavy atom. The van der Waals surface area contributed by atoms with Crippen molar-refractivity contribution < 1.29 is 23.8 Å². The molecule has 0 unspecified atom stereocenters. The molecular formula is C12H15NO5. The Labute approximate surface area is 104 Å². The quantitative estimate of drug-likeness (QED) is 0.846. The Morgan fingerprint density at radius 1 is 1.50 bits per heavy atom. The Kier molecular flexibility index (Phi) is 3.99. The zero-order valence-corrected chi connectivity index (χ0v) is 9.87. The molecule has 2 rings (SSSR count). The molecule has 1 aliphatic heterocycles. The zero-order chi connectivity index (χ0) is 13.0. The predicted octanol–water partition coefficient (Wildman–Crippen LogP) is 0.524. The smallest absolute Gasteiger partial charge is 0.334 e. The second-order valence-corrected chi connectivity index (χ2v) is 4.12. The van der Waals surface area contributed by atoms with Crippen LogP contribution >= 0.6 is 0 Å². The lowest BCUT2D eigenvalue weighted by molar-refractivity contribution is -0.159. The summed E-state index contributed by atoms with van der Waals surface area (Å²) in [6.07, 6.45) is 1.50. The number of carbonyl (C=O) groups is 2. The van der Waals surface area contributed by atoms with Crippen molar-refractivity contribution in [3.63, 3.8) is 0 Å². The number of hydrogen-bond donors (Lipinski definition) is 1. The summed E-state index contributed by atoms with van der Waals surface area (Å²) in [6.45, 7) is 0.830. The number of rotatable bonds is 4. The number of carbonyl (C=O) groups excluding carboxylic acids is 1. The van der Waals surface area contributed by atoms with Crippen LogP contribution in [0.4, 0.5) is 0 Å². The molecular weight excluding hydrogens is 238 g/mol. The molecule has 1 aromatic rings. The molecule has 0 aromatic carbocycles. The topological polar surface area (TPSA) is 80.0 Å². The number of aryl methyl sites for hydroxylation is 1. The number of morpholine rings is 1. The van der Waals surface area contributed by atoms with E-state index in [0.717, 1.165) is 5.76 Å². The van der Waals surface area contributed by atoms with Crippen molar-refractivity contribution in [1.29, 1.82) is 0 Å². The molecule has 2 heterocycles. The molecule has 1 aromatic heterocycles. The van der Waals surface area contributed by atoms with Crippen LogP contribution in [0.25, 0.3) is 0 Å². The summed E-state index contributed by atoms with van der Waals surface area (Å²) in [5.74, 6) is -0.342. The fourth-order valence-electron chi connectivity index (χ4n) is 1.87. The number of nitrogens with zero attached hydrogens (tertiary/aromatic N) is 1. The van der Waals surface area contributed by atoms with Gasteiger partial charge in [0.2, 0.25) is 5.91 Å². The molecule has 0 radical (unpaired) electrons. The van der Waals surface area contributed by atoms with Crippen molar-refractivity contribution in [1.82, 2.24) is 4.90 Å². The number of carboxylic acids is 1. The highest BCUT2D eigenvalue weighted by Gasteiger charge is 2.28. The molecule has 1 saturated heterocycles. The molecule has 1 amide bonds. The third-order valence-corrected chi connectivity index (χ3v) is 2.86. The van der Waals surface area contributed by atoms with E-state index in [1.165, 1.54) is 4.90 Å². The number of hydrogen-bond acceptors (Lipinski definition) is 4. The van der Waals surface area contributed by atoms with E-state index in [0.29, 0.717) is 19.4 Å². The molecule has 0 saturated carbocycles. The van der Waals surface area contributed by atoms with Crippen LogP contribution in [0.1, 0.15) is 12.2 Å². The SMILES string of the molecule is O=C(O)[C@@H]1CN(C(=O)CCc2ccco2)CCO1. The van der Waals surface area contributed by atoms with E-state index in [1.54, 1.807) is 12.3 Å². The third kappa shape index (κ3) is 3.10. The minimum Gasteiger partial charge on any atom is -0.479 e. The first-order chi connectivity index (χ1) is 8.66. The highest BCUT2D eigenvalue weighted by atomic mass is 16.5. The molecule has 1 N–H and O–H groups in total. The van der Waals surface area contributed by atoms with Crippen LogP contribution < -0.4 is 0 Å². The first-order valence-electron chi connectivity index (χ1n) is 5.81. The maximum absolute atomic E-state index is 11.9. The Hall–Kier alpha value is -1.82. The molecule has 1 aliphatic rings. The van der Waals surface area contributed by atoms with Crippen molar-refractivity contribution in [2.75, 3.05) is 19.7 Å². The monoisotopic (exact) mass is 253 g/mol. The minimum atomic E-state index is -1.03. The van der Waals surface area contributed by atoms with Gasteiger partial charge < -0.3 is 19.2 Å². The van der Waals surface area contributed by atoms with E-state index in [2.05, 4.69) is 0 Å². The molecule has 0 spiro atoms. The standard InChI is InChI=1S/C12H15NO5/c14-11(4-3-9-2-1-6-17-9)13-5-7-18-10(8-13)12(15)16/h1-2,6,10H,3-5,7-8H2,(H,15,16)/t10-/m0/s1. The molecule has 6 heteroatoms. The van der Waals surface area contributed by atoms with Gasteiger partial charge in [-0.3, -0.25) is 4.79 Å². The summed E-state index contributed by atoms with van der Waals surface area (Å²) in [7, 11) is 0. The highest BCUT2D eigenvalue weighted by molar-refractivity contribution is 5.78. The van der Waals surface area contributed by atoms with E-state index in [1.807, 2.05) is 6.07 Å². The van der Waals surface area contributed by atoms with Gasteiger partial charge in [-0.2, -0.15) is 0 Å². The Bertz CT molecular complexity index is 414. The van der Waals surface area contributed by atoms with E-state index in [9.17, 15) is 9.59 Å². The van der Waals surface area contributed by atoms with Gasteiger partial charge in [0.05, 0.1) is 19.4 Å². The van der Waals surface area contributed by atoms with Gasteiger partial charge >= 0.3 is 5.97 Å². The Morgan fingerprint density at radius 2 is 2.33 bits per heavy atom. The second kappa shape index (κ2) is 5.68. The lowest BCUT2D eigenvalue weighted by Crippen LogP contribution is -2.48. The fraction of sp³-hybridized carbons (Fsp3) is 0.500. The summed E-state index contributed by atoms with van der Waals surface area (Å²) in [4.78, 5) is 24.2. The fourth-order valence-corrected chi connectivity index (χ4v) is 1.87. The summed E-state index contributed by atoms with van der Waals surface area (Å²) in [5, 5.41) is 8.84. The van der Waals surface area contributed by atoms with Crippen molar-refractivity contribution in [2.24, 2.45) is 0 Å². The summed E-state index contributed by atoms with van der Waals surface area (Å²) in [5.41, 5.74) is 0. The van der Waals surface area contributed by atoms with Crippen molar-refractivity contribution in [3.05, 3.63) is 24.2 Å². The van der Waals surface area contributed by atoms with Gasteiger partial charge in [-0.25, -0.2) is 4.79 Å². The van der Waals surface area contributed by atoms with Gasteiger partial charge in [0, 0.05) is 19.4 Å². The molecule has 1 fully saturated rings. The largest absolute Gasteiger partial charge is 0.479 e. The van der Waals surface area contributed by atoms with E-state index < -0.39 is 12.1 Å². The van der Waals surface area contributed by atoms with E-state index in [4.69, 9.17) is 14.3 Å². The highest BCUT2D eigenvalue weighted by Crippen LogP contribution is 2.10.